The molecule has 1 aromatic carbocycles. The number of aromatic amines is 1. The number of hydrogen-bond donors (Lipinski definition) is 1. The molecular formula is C15H12N2O3. The van der Waals surface area contributed by atoms with Gasteiger partial charge in [0.1, 0.15) is 0 Å². The van der Waals surface area contributed by atoms with Crippen LogP contribution in [0.2, 0.25) is 0 Å². The van der Waals surface area contributed by atoms with Gasteiger partial charge in [-0.1, -0.05) is 18.2 Å². The number of hydrogen-bond acceptors (Lipinski definition) is 4. The van der Waals surface area contributed by atoms with Crippen LogP contribution in [0.1, 0.15) is 17.4 Å². The summed E-state index contributed by atoms with van der Waals surface area (Å²) in [5, 5.41) is 1.84. The first-order valence-electron chi connectivity index (χ1n) is 6.29. The zero-order chi connectivity index (χ0) is 14.1. The summed E-state index contributed by atoms with van der Waals surface area (Å²) in [6.45, 7) is 1.95. The monoisotopic (exact) mass is 268 g/mol. The third-order valence-electron chi connectivity index (χ3n) is 3.11. The molecule has 0 aliphatic carbocycles. The number of para-hydroxylation sites is 1. The van der Waals surface area contributed by atoms with E-state index < -0.39 is 5.97 Å². The summed E-state index contributed by atoms with van der Waals surface area (Å²) in [6.07, 6.45) is 1.51. The first kappa shape index (κ1) is 12.3. The highest BCUT2D eigenvalue weighted by Gasteiger charge is 2.17. The number of esters is 1. The van der Waals surface area contributed by atoms with E-state index in [-0.39, 0.29) is 23.2 Å². The molecule has 2 aromatic heterocycles. The Morgan fingerprint density at radius 2 is 2.05 bits per heavy atom. The quantitative estimate of drug-likeness (QED) is 0.571. The Labute approximate surface area is 114 Å². The second-order valence-electron chi connectivity index (χ2n) is 4.30. The molecule has 3 rings (SSSR count). The Balaban J connectivity index is 2.43. The lowest BCUT2D eigenvalue weighted by Crippen LogP contribution is -2.15. The normalized spacial score (nSPS) is 10.8. The van der Waals surface area contributed by atoms with Crippen LogP contribution < -0.4 is 5.56 Å². The van der Waals surface area contributed by atoms with Crippen LogP contribution >= 0.6 is 0 Å². The van der Waals surface area contributed by atoms with Gasteiger partial charge in [-0.2, -0.15) is 0 Å². The van der Waals surface area contributed by atoms with Gasteiger partial charge in [-0.25, -0.2) is 9.78 Å². The number of nitrogens with one attached hydrogen (secondary N) is 1. The van der Waals surface area contributed by atoms with Crippen LogP contribution in [0.3, 0.4) is 0 Å². The summed E-state index contributed by atoms with van der Waals surface area (Å²) in [7, 11) is 0. The molecule has 0 bridgehead atoms. The third kappa shape index (κ3) is 1.84. The van der Waals surface area contributed by atoms with Crippen LogP contribution in [0.4, 0.5) is 0 Å². The molecule has 0 saturated carbocycles. The maximum atomic E-state index is 12.2. The fraction of sp³-hybridized carbons (Fsp3) is 0.133. The van der Waals surface area contributed by atoms with Crippen LogP contribution in [0.5, 0.6) is 0 Å². The minimum atomic E-state index is -0.584. The highest BCUT2D eigenvalue weighted by atomic mass is 16.5. The Hall–Kier alpha value is -2.69. The Bertz CT molecular complexity index is 868. The van der Waals surface area contributed by atoms with Crippen molar-refractivity contribution < 1.29 is 9.53 Å². The van der Waals surface area contributed by atoms with Crippen LogP contribution in [0, 0.1) is 0 Å². The molecule has 0 aliphatic rings. The average molecular weight is 268 g/mol. The van der Waals surface area contributed by atoms with E-state index in [2.05, 4.69) is 9.97 Å². The van der Waals surface area contributed by atoms with Gasteiger partial charge in [-0.15, -0.1) is 0 Å². The topological polar surface area (TPSA) is 72.0 Å². The van der Waals surface area contributed by atoms with Gasteiger partial charge in [-0.05, 0) is 19.1 Å². The van der Waals surface area contributed by atoms with E-state index in [0.29, 0.717) is 5.39 Å². The molecule has 3 aromatic rings. The summed E-state index contributed by atoms with van der Waals surface area (Å²) in [5.74, 6) is -0.584. The number of pyridine rings is 2. The predicted octanol–water partition coefficient (Wildman–Crippen LogP) is 2.25. The standard InChI is InChI=1S/C15H12N2O3/c1-2-20-15(19)13-12-10(7-8-16-13)9-5-3-4-6-11(9)17-14(12)18/h3-8H,2H2,1H3,(H,17,18). The number of fused-ring (bicyclic) bond motifs is 3. The van der Waals surface area contributed by atoms with Gasteiger partial charge in [-0.3, -0.25) is 4.79 Å². The highest BCUT2D eigenvalue weighted by molar-refractivity contribution is 6.11. The fourth-order valence-corrected chi connectivity index (χ4v) is 2.28. The number of carbonyl (C=O) groups excluding carboxylic acids is 1. The Kier molecular flexibility index (Phi) is 2.95. The molecule has 20 heavy (non-hydrogen) atoms. The number of aromatic nitrogens is 2. The second kappa shape index (κ2) is 4.77. The largest absolute Gasteiger partial charge is 0.461 e. The lowest BCUT2D eigenvalue weighted by atomic mass is 10.1. The maximum Gasteiger partial charge on any atom is 0.357 e. The van der Waals surface area contributed by atoms with Crippen molar-refractivity contribution in [2.75, 3.05) is 6.61 Å². The van der Waals surface area contributed by atoms with Crippen molar-refractivity contribution in [1.82, 2.24) is 9.97 Å². The smallest absolute Gasteiger partial charge is 0.357 e. The van der Waals surface area contributed by atoms with E-state index in [9.17, 15) is 9.59 Å². The van der Waals surface area contributed by atoms with Gasteiger partial charge in [0.25, 0.3) is 5.56 Å². The zero-order valence-corrected chi connectivity index (χ0v) is 10.8. The molecule has 0 spiro atoms. The Morgan fingerprint density at radius 3 is 2.85 bits per heavy atom. The van der Waals surface area contributed by atoms with E-state index in [1.807, 2.05) is 24.3 Å². The lowest BCUT2D eigenvalue weighted by molar-refractivity contribution is 0.0522. The van der Waals surface area contributed by atoms with Crippen LogP contribution in [0.15, 0.2) is 41.3 Å². The van der Waals surface area contributed by atoms with Crippen molar-refractivity contribution in [1.29, 1.82) is 0 Å². The summed E-state index contributed by atoms with van der Waals surface area (Å²) >= 11 is 0. The molecule has 5 nitrogen and oxygen atoms in total. The number of H-pyrrole nitrogens is 1. The number of ether oxygens (including phenoxy) is 1. The first-order chi connectivity index (χ1) is 9.72. The molecule has 0 fully saturated rings. The van der Waals surface area contributed by atoms with Gasteiger partial charge < -0.3 is 9.72 Å². The minimum absolute atomic E-state index is 0.0522. The molecular weight excluding hydrogens is 256 g/mol. The number of rotatable bonds is 2. The number of carbonyl (C=O) groups is 1. The highest BCUT2D eigenvalue weighted by Crippen LogP contribution is 2.22. The van der Waals surface area contributed by atoms with E-state index in [4.69, 9.17) is 4.74 Å². The van der Waals surface area contributed by atoms with Gasteiger partial charge in [0.05, 0.1) is 12.0 Å². The molecule has 0 atom stereocenters. The summed E-state index contributed by atoms with van der Waals surface area (Å²) in [4.78, 5) is 30.9. The second-order valence-corrected chi connectivity index (χ2v) is 4.30. The van der Waals surface area contributed by atoms with Crippen molar-refractivity contribution in [2.24, 2.45) is 0 Å². The van der Waals surface area contributed by atoms with E-state index in [1.165, 1.54) is 6.20 Å². The molecule has 0 aliphatic heterocycles. The summed E-state index contributed by atoms with van der Waals surface area (Å²) in [6, 6.07) is 9.17. The predicted molar refractivity (Wildman–Crippen MR) is 75.8 cm³/mol. The average Bonchev–Trinajstić information content (AvgIpc) is 2.47. The summed E-state index contributed by atoms with van der Waals surface area (Å²) in [5.41, 5.74) is 0.442. The molecule has 100 valence electrons. The minimum Gasteiger partial charge on any atom is -0.461 e. The molecule has 0 amide bonds. The van der Waals surface area contributed by atoms with Crippen LogP contribution in [-0.4, -0.2) is 22.5 Å². The molecule has 0 unspecified atom stereocenters. The molecule has 2 heterocycles. The molecule has 0 saturated heterocycles. The van der Waals surface area contributed by atoms with Gasteiger partial charge >= 0.3 is 5.97 Å². The van der Waals surface area contributed by atoms with Gasteiger partial charge in [0.2, 0.25) is 0 Å². The Morgan fingerprint density at radius 1 is 1.25 bits per heavy atom. The van der Waals surface area contributed by atoms with Gasteiger partial charge in [0.15, 0.2) is 5.69 Å². The fourth-order valence-electron chi connectivity index (χ4n) is 2.28. The third-order valence-corrected chi connectivity index (χ3v) is 3.11. The van der Waals surface area contributed by atoms with E-state index in [1.54, 1.807) is 13.0 Å². The van der Waals surface area contributed by atoms with E-state index >= 15 is 0 Å². The molecule has 0 radical (unpaired) electrons. The van der Waals surface area contributed by atoms with Crippen LogP contribution in [-0.2, 0) is 4.74 Å². The number of nitrogens with zero attached hydrogens (tertiary/aromatic N) is 1. The first-order valence-corrected chi connectivity index (χ1v) is 6.29. The van der Waals surface area contributed by atoms with Crippen molar-refractivity contribution in [3.8, 4) is 0 Å². The SMILES string of the molecule is CCOC(=O)c1nccc2c1c(=O)[nH]c1ccccc12. The van der Waals surface area contributed by atoms with Crippen LogP contribution in [0.25, 0.3) is 21.7 Å². The molecule has 1 N–H and O–H groups in total. The van der Waals surface area contributed by atoms with Crippen molar-refractivity contribution in [3.63, 3.8) is 0 Å². The lowest BCUT2D eigenvalue weighted by Gasteiger charge is -2.07. The zero-order valence-electron chi connectivity index (χ0n) is 10.8. The number of benzene rings is 1. The van der Waals surface area contributed by atoms with Crippen molar-refractivity contribution >= 4 is 27.6 Å². The molecule has 5 heteroatoms. The van der Waals surface area contributed by atoms with Crippen molar-refractivity contribution in [3.05, 3.63) is 52.6 Å². The van der Waals surface area contributed by atoms with Gasteiger partial charge in [0, 0.05) is 22.5 Å². The maximum absolute atomic E-state index is 12.2. The van der Waals surface area contributed by atoms with E-state index in [0.717, 1.165) is 10.9 Å². The van der Waals surface area contributed by atoms with Crippen molar-refractivity contribution in [2.45, 2.75) is 6.92 Å². The summed E-state index contributed by atoms with van der Waals surface area (Å²) < 4.78 is 4.95.